The summed E-state index contributed by atoms with van der Waals surface area (Å²) >= 11 is 0. The highest BCUT2D eigenvalue weighted by Crippen LogP contribution is 2.27. The predicted octanol–water partition coefficient (Wildman–Crippen LogP) is 1.18. The molecular formula is C10H17N3O. The molecule has 4 heteroatoms. The molecule has 0 amide bonds. The number of ether oxygens (including phenoxy) is 1. The Morgan fingerprint density at radius 3 is 2.57 bits per heavy atom. The number of methoxy groups -OCH3 is 1. The quantitative estimate of drug-likeness (QED) is 0.783. The molecule has 0 radical (unpaired) electrons. The van der Waals surface area contributed by atoms with Crippen LogP contribution >= 0.6 is 0 Å². The summed E-state index contributed by atoms with van der Waals surface area (Å²) in [5.74, 6) is 1.24. The number of hydrogen-bond acceptors (Lipinski definition) is 4. The summed E-state index contributed by atoms with van der Waals surface area (Å²) in [5, 5.41) is 0. The van der Waals surface area contributed by atoms with E-state index in [1.165, 1.54) is 0 Å². The third-order valence-corrected chi connectivity index (χ3v) is 2.54. The van der Waals surface area contributed by atoms with Crippen LogP contribution in [0.1, 0.15) is 25.5 Å². The summed E-state index contributed by atoms with van der Waals surface area (Å²) in [7, 11) is 1.60. The molecule has 0 aliphatic carbocycles. The molecule has 0 spiro atoms. The molecule has 14 heavy (non-hydrogen) atoms. The van der Waals surface area contributed by atoms with E-state index in [4.69, 9.17) is 10.5 Å². The molecule has 78 valence electrons. The van der Waals surface area contributed by atoms with Crippen LogP contribution < -0.4 is 10.5 Å². The minimum absolute atomic E-state index is 0.267. The van der Waals surface area contributed by atoms with Crippen LogP contribution in [0, 0.1) is 5.92 Å². The molecule has 1 rings (SSSR count). The Morgan fingerprint density at radius 2 is 2.00 bits per heavy atom. The molecule has 0 saturated carbocycles. The molecule has 0 bridgehead atoms. The fourth-order valence-electron chi connectivity index (χ4n) is 1.28. The smallest absolute Gasteiger partial charge is 0.235 e. The lowest BCUT2D eigenvalue weighted by Crippen LogP contribution is -2.18. The maximum absolute atomic E-state index is 5.61. The Labute approximate surface area is 84.5 Å². The fourth-order valence-corrected chi connectivity index (χ4v) is 1.28. The molecule has 1 heterocycles. The van der Waals surface area contributed by atoms with E-state index in [-0.39, 0.29) is 5.92 Å². The first kappa shape index (κ1) is 10.9. The van der Waals surface area contributed by atoms with Crippen molar-refractivity contribution in [2.75, 3.05) is 13.7 Å². The number of rotatable bonds is 4. The normalized spacial score (nSPS) is 14.9. The maximum Gasteiger partial charge on any atom is 0.235 e. The minimum atomic E-state index is 0.267. The van der Waals surface area contributed by atoms with Crippen molar-refractivity contribution in [2.45, 2.75) is 19.8 Å². The molecule has 1 aromatic rings. The van der Waals surface area contributed by atoms with Gasteiger partial charge in [-0.2, -0.15) is 0 Å². The van der Waals surface area contributed by atoms with Gasteiger partial charge < -0.3 is 10.5 Å². The monoisotopic (exact) mass is 195 g/mol. The molecule has 0 saturated heterocycles. The van der Waals surface area contributed by atoms with Crippen LogP contribution in [0.5, 0.6) is 5.88 Å². The molecule has 2 atom stereocenters. The van der Waals surface area contributed by atoms with Gasteiger partial charge >= 0.3 is 0 Å². The maximum atomic E-state index is 5.61. The van der Waals surface area contributed by atoms with Crippen LogP contribution in [-0.4, -0.2) is 23.6 Å². The van der Waals surface area contributed by atoms with E-state index in [0.717, 1.165) is 5.69 Å². The van der Waals surface area contributed by atoms with Gasteiger partial charge in [0.2, 0.25) is 5.88 Å². The van der Waals surface area contributed by atoms with E-state index in [1.54, 1.807) is 19.5 Å². The first-order chi connectivity index (χ1) is 6.70. The van der Waals surface area contributed by atoms with Crippen LogP contribution in [0.3, 0.4) is 0 Å². The highest BCUT2D eigenvalue weighted by molar-refractivity contribution is 5.21. The molecule has 4 nitrogen and oxygen atoms in total. The topological polar surface area (TPSA) is 61.0 Å². The highest BCUT2D eigenvalue weighted by Gasteiger charge is 2.18. The van der Waals surface area contributed by atoms with Crippen molar-refractivity contribution < 1.29 is 4.74 Å². The minimum Gasteiger partial charge on any atom is -0.480 e. The lowest BCUT2D eigenvalue weighted by Gasteiger charge is -2.18. The average molecular weight is 195 g/mol. The van der Waals surface area contributed by atoms with E-state index in [9.17, 15) is 0 Å². The van der Waals surface area contributed by atoms with Gasteiger partial charge in [0.15, 0.2) is 0 Å². The lowest BCUT2D eigenvalue weighted by atomic mass is 9.93. The van der Waals surface area contributed by atoms with Crippen molar-refractivity contribution in [3.63, 3.8) is 0 Å². The summed E-state index contributed by atoms with van der Waals surface area (Å²) in [4.78, 5) is 8.38. The van der Waals surface area contributed by atoms with Gasteiger partial charge in [-0.1, -0.05) is 13.8 Å². The summed E-state index contributed by atoms with van der Waals surface area (Å²) in [6, 6.07) is 0. The van der Waals surface area contributed by atoms with Gasteiger partial charge in [0.1, 0.15) is 5.69 Å². The summed E-state index contributed by atoms with van der Waals surface area (Å²) in [6.45, 7) is 4.82. The zero-order valence-corrected chi connectivity index (χ0v) is 8.90. The van der Waals surface area contributed by atoms with Crippen molar-refractivity contribution in [1.82, 2.24) is 9.97 Å². The van der Waals surface area contributed by atoms with E-state index in [2.05, 4.69) is 23.8 Å². The number of nitrogens with zero attached hydrogens (tertiary/aromatic N) is 2. The van der Waals surface area contributed by atoms with Crippen molar-refractivity contribution in [1.29, 1.82) is 0 Å². The Hall–Kier alpha value is -1.16. The molecule has 0 aliphatic rings. The Kier molecular flexibility index (Phi) is 3.83. The number of aromatic nitrogens is 2. The van der Waals surface area contributed by atoms with E-state index < -0.39 is 0 Å². The Bertz CT molecular complexity index is 290. The van der Waals surface area contributed by atoms with Crippen molar-refractivity contribution in [2.24, 2.45) is 11.7 Å². The average Bonchev–Trinajstić information content (AvgIpc) is 2.26. The zero-order valence-electron chi connectivity index (χ0n) is 8.90. The lowest BCUT2D eigenvalue weighted by molar-refractivity contribution is 0.374. The summed E-state index contributed by atoms with van der Waals surface area (Å²) < 4.78 is 5.15. The van der Waals surface area contributed by atoms with Gasteiger partial charge in [0, 0.05) is 18.3 Å². The van der Waals surface area contributed by atoms with Crippen LogP contribution in [0.4, 0.5) is 0 Å². The second kappa shape index (κ2) is 4.91. The first-order valence-corrected chi connectivity index (χ1v) is 4.75. The van der Waals surface area contributed by atoms with Gasteiger partial charge in [0.25, 0.3) is 0 Å². The molecule has 0 fully saturated rings. The molecule has 2 unspecified atom stereocenters. The summed E-state index contributed by atoms with van der Waals surface area (Å²) in [5.41, 5.74) is 6.50. The Balaban J connectivity index is 2.93. The van der Waals surface area contributed by atoms with Crippen LogP contribution in [0.2, 0.25) is 0 Å². The zero-order chi connectivity index (χ0) is 10.6. The molecule has 0 aromatic carbocycles. The second-order valence-corrected chi connectivity index (χ2v) is 3.45. The second-order valence-electron chi connectivity index (χ2n) is 3.45. The van der Waals surface area contributed by atoms with Crippen LogP contribution in [0.25, 0.3) is 0 Å². The number of hydrogen-bond donors (Lipinski definition) is 1. The first-order valence-electron chi connectivity index (χ1n) is 4.75. The molecular weight excluding hydrogens is 178 g/mol. The van der Waals surface area contributed by atoms with E-state index in [1.807, 2.05) is 0 Å². The summed E-state index contributed by atoms with van der Waals surface area (Å²) in [6.07, 6.45) is 3.31. The molecule has 1 aromatic heterocycles. The van der Waals surface area contributed by atoms with Gasteiger partial charge in [0.05, 0.1) is 7.11 Å². The standard InChI is InChI=1S/C10H17N3O/c1-7(6-11)8(2)9-10(14-3)13-5-4-12-9/h4-5,7-8H,6,11H2,1-3H3. The molecule has 2 N–H and O–H groups in total. The third-order valence-electron chi connectivity index (χ3n) is 2.54. The largest absolute Gasteiger partial charge is 0.480 e. The van der Waals surface area contributed by atoms with Crippen LogP contribution in [0.15, 0.2) is 12.4 Å². The van der Waals surface area contributed by atoms with Crippen molar-refractivity contribution >= 4 is 0 Å². The Morgan fingerprint density at radius 1 is 1.36 bits per heavy atom. The SMILES string of the molecule is COc1nccnc1C(C)C(C)CN. The predicted molar refractivity (Wildman–Crippen MR) is 55.2 cm³/mol. The van der Waals surface area contributed by atoms with Gasteiger partial charge in [-0.25, -0.2) is 4.98 Å². The number of nitrogens with two attached hydrogens (primary N) is 1. The van der Waals surface area contributed by atoms with Gasteiger partial charge in [-0.05, 0) is 12.5 Å². The molecule has 0 aliphatic heterocycles. The van der Waals surface area contributed by atoms with E-state index in [0.29, 0.717) is 18.3 Å². The third kappa shape index (κ3) is 2.20. The van der Waals surface area contributed by atoms with Crippen LogP contribution in [-0.2, 0) is 0 Å². The van der Waals surface area contributed by atoms with Gasteiger partial charge in [-0.15, -0.1) is 0 Å². The van der Waals surface area contributed by atoms with Crippen molar-refractivity contribution in [3.05, 3.63) is 18.1 Å². The van der Waals surface area contributed by atoms with Gasteiger partial charge in [-0.3, -0.25) is 4.98 Å². The highest BCUT2D eigenvalue weighted by atomic mass is 16.5. The van der Waals surface area contributed by atoms with E-state index >= 15 is 0 Å². The fraction of sp³-hybridized carbons (Fsp3) is 0.600. The van der Waals surface area contributed by atoms with Crippen molar-refractivity contribution in [3.8, 4) is 5.88 Å².